The van der Waals surface area contributed by atoms with Crippen LogP contribution in [0.2, 0.25) is 0 Å². The third-order valence-electron chi connectivity index (χ3n) is 24.3. The van der Waals surface area contributed by atoms with Crippen LogP contribution in [0.3, 0.4) is 0 Å². The maximum Gasteiger partial charge on any atom is 0.252 e. The summed E-state index contributed by atoms with van der Waals surface area (Å²) in [5.41, 5.74) is 40.7. The Labute approximate surface area is 648 Å². The van der Waals surface area contributed by atoms with Crippen LogP contribution in [0.1, 0.15) is 48.6 Å². The number of anilines is 6. The number of rotatable bonds is 10. The first kappa shape index (κ1) is 64.4. The number of para-hydroxylation sites is 1. The number of benzene rings is 17. The standard InChI is InChI=1S/C107H74BN3/c1-106(2,3)79-64-101-103-102(65-79)111(105-87(74-43-21-9-22-44-74)61-78(71-37-15-6-16-38-71)62-88(105)75-45-23-10-24-46-75)100-66-80(109-97-54-32-28-50-84(97)90-67-89-83-49-27-31-53-93(83)107(94(89)68-99(90)109)91-51-29-25-47-81(91)82-48-26-30-52-92(82)107)56-57-95(100)108(103)96-63-76(69-33-11-4-12-34-69)55-58-98(96)110(101)104-85(72-39-17-7-18-40-72)59-77(70-35-13-5-14-36-70)60-86(104)73-41-19-8-20-42-73/h4-68H,1-3H3. The Hall–Kier alpha value is -13.8. The molecule has 3 heterocycles. The first-order valence-corrected chi connectivity index (χ1v) is 38.9. The van der Waals surface area contributed by atoms with Crippen molar-refractivity contribution in [2.45, 2.75) is 31.6 Å². The average molecular weight is 1410 g/mol. The number of fused-ring (bicyclic) bond motifs is 17. The molecule has 22 rings (SSSR count). The van der Waals surface area contributed by atoms with E-state index in [1.54, 1.807) is 0 Å². The zero-order chi connectivity index (χ0) is 73.6. The molecule has 0 unspecified atom stereocenters. The summed E-state index contributed by atoms with van der Waals surface area (Å²) >= 11 is 0. The van der Waals surface area contributed by atoms with Crippen molar-refractivity contribution in [1.82, 2.24) is 4.57 Å². The van der Waals surface area contributed by atoms with Crippen molar-refractivity contribution < 1.29 is 0 Å². The van der Waals surface area contributed by atoms with Crippen molar-refractivity contribution in [3.8, 4) is 106 Å². The van der Waals surface area contributed by atoms with Crippen LogP contribution in [0.4, 0.5) is 34.1 Å². The molecule has 17 aromatic carbocycles. The highest BCUT2D eigenvalue weighted by Crippen LogP contribution is 2.64. The van der Waals surface area contributed by atoms with Gasteiger partial charge in [-0.05, 0) is 200 Å². The molecule has 3 nitrogen and oxygen atoms in total. The fourth-order valence-electron chi connectivity index (χ4n) is 19.4. The van der Waals surface area contributed by atoms with Crippen LogP contribution in [-0.2, 0) is 10.8 Å². The van der Waals surface area contributed by atoms with Crippen LogP contribution in [0.25, 0.3) is 128 Å². The Balaban J connectivity index is 0.894. The lowest BCUT2D eigenvalue weighted by molar-refractivity contribution is 0.590. The highest BCUT2D eigenvalue weighted by Gasteiger charge is 2.52. The molecular formula is C107H74BN3. The minimum atomic E-state index is -0.546. The van der Waals surface area contributed by atoms with Gasteiger partial charge in [0, 0.05) is 61.5 Å². The Bertz CT molecular complexity index is 6610. The summed E-state index contributed by atoms with van der Waals surface area (Å²) in [5.74, 6) is 0. The van der Waals surface area contributed by atoms with Crippen molar-refractivity contribution in [3.63, 3.8) is 0 Å². The average Bonchev–Trinajstić information content (AvgIpc) is 1.50. The minimum absolute atomic E-state index is 0.269. The molecule has 18 aromatic rings. The number of aromatic nitrogens is 1. The topological polar surface area (TPSA) is 11.4 Å². The van der Waals surface area contributed by atoms with Gasteiger partial charge in [0.25, 0.3) is 6.71 Å². The molecule has 0 radical (unpaired) electrons. The number of hydrogen-bond acceptors (Lipinski definition) is 2. The summed E-state index contributed by atoms with van der Waals surface area (Å²) in [6.07, 6.45) is 0. The first-order chi connectivity index (χ1) is 54.7. The van der Waals surface area contributed by atoms with Gasteiger partial charge in [0.1, 0.15) is 0 Å². The smallest absolute Gasteiger partial charge is 0.252 e. The molecule has 0 amide bonds. The maximum absolute atomic E-state index is 2.74. The third-order valence-corrected chi connectivity index (χ3v) is 24.3. The van der Waals surface area contributed by atoms with Crippen LogP contribution < -0.4 is 26.2 Å². The quantitative estimate of drug-likeness (QED) is 0.126. The molecule has 0 fully saturated rings. The largest absolute Gasteiger partial charge is 0.310 e. The molecule has 1 spiro atoms. The highest BCUT2D eigenvalue weighted by molar-refractivity contribution is 7.00. The Morgan fingerprint density at radius 3 is 1.10 bits per heavy atom. The van der Waals surface area contributed by atoms with Gasteiger partial charge in [0.15, 0.2) is 0 Å². The zero-order valence-electron chi connectivity index (χ0n) is 61.9. The van der Waals surface area contributed by atoms with E-state index in [0.717, 1.165) is 118 Å². The normalized spacial score (nSPS) is 13.2. The second-order valence-corrected chi connectivity index (χ2v) is 31.4. The molecule has 0 N–H and O–H groups in total. The number of hydrogen-bond donors (Lipinski definition) is 0. The predicted octanol–water partition coefficient (Wildman–Crippen LogP) is 26.2. The fourth-order valence-corrected chi connectivity index (χ4v) is 19.4. The Morgan fingerprint density at radius 1 is 0.243 bits per heavy atom. The Kier molecular flexibility index (Phi) is 14.6. The van der Waals surface area contributed by atoms with E-state index in [9.17, 15) is 0 Å². The van der Waals surface area contributed by atoms with Crippen LogP contribution in [-0.4, -0.2) is 11.3 Å². The summed E-state index contributed by atoms with van der Waals surface area (Å²) in [5, 5.41) is 2.44. The lowest BCUT2D eigenvalue weighted by Crippen LogP contribution is -2.61. The van der Waals surface area contributed by atoms with Gasteiger partial charge in [-0.1, -0.05) is 342 Å². The molecule has 1 aromatic heterocycles. The maximum atomic E-state index is 2.74. The lowest BCUT2D eigenvalue weighted by atomic mass is 9.33. The van der Waals surface area contributed by atoms with E-state index < -0.39 is 5.41 Å². The molecule has 111 heavy (non-hydrogen) atoms. The number of nitrogens with zero attached hydrogens (tertiary/aromatic N) is 3. The van der Waals surface area contributed by atoms with Gasteiger partial charge < -0.3 is 14.4 Å². The summed E-state index contributed by atoms with van der Waals surface area (Å²) in [7, 11) is 0. The SMILES string of the molecule is CC(C)(C)c1cc2c3c(c1)N(c1c(-c4ccccc4)cc(-c4ccccc4)cc1-c1ccccc1)c1cc(-n4c5ccccc5c5cc6c(cc54)C4(c5ccccc5-c5ccccc54)c4ccccc4-6)ccc1B3c1cc(-c3ccccc3)ccc1N2c1c(-c2ccccc2)cc(-c2ccccc2)cc1-c1ccccc1. The van der Waals surface area contributed by atoms with E-state index in [2.05, 4.69) is 429 Å². The van der Waals surface area contributed by atoms with Gasteiger partial charge in [-0.15, -0.1) is 0 Å². The van der Waals surface area contributed by atoms with Crippen LogP contribution in [0.15, 0.2) is 394 Å². The summed E-state index contributed by atoms with van der Waals surface area (Å²) in [6.45, 7) is 6.92. The fraction of sp³-hybridized carbons (Fsp3) is 0.0467. The molecular weight excluding hydrogens is 1340 g/mol. The van der Waals surface area contributed by atoms with Gasteiger partial charge in [0.2, 0.25) is 0 Å². The summed E-state index contributed by atoms with van der Waals surface area (Å²) < 4.78 is 2.60. The Morgan fingerprint density at radius 2 is 0.640 bits per heavy atom. The van der Waals surface area contributed by atoms with E-state index in [1.165, 1.54) is 88.3 Å². The van der Waals surface area contributed by atoms with Crippen molar-refractivity contribution in [2.24, 2.45) is 0 Å². The second-order valence-electron chi connectivity index (χ2n) is 31.4. The van der Waals surface area contributed by atoms with Crippen LogP contribution in [0, 0.1) is 0 Å². The van der Waals surface area contributed by atoms with Crippen molar-refractivity contribution in [2.75, 3.05) is 9.80 Å². The molecule has 0 saturated heterocycles. The molecule has 4 heteroatoms. The van der Waals surface area contributed by atoms with E-state index in [1.807, 2.05) is 0 Å². The van der Waals surface area contributed by atoms with Gasteiger partial charge in [-0.25, -0.2) is 0 Å². The lowest BCUT2D eigenvalue weighted by Gasteiger charge is -2.46. The zero-order valence-corrected chi connectivity index (χ0v) is 61.9. The van der Waals surface area contributed by atoms with Crippen LogP contribution in [0.5, 0.6) is 0 Å². The molecule has 2 aliphatic carbocycles. The monoisotopic (exact) mass is 1410 g/mol. The van der Waals surface area contributed by atoms with E-state index in [-0.39, 0.29) is 12.1 Å². The highest BCUT2D eigenvalue weighted by atomic mass is 15.2. The molecule has 4 aliphatic rings. The molecule has 520 valence electrons. The van der Waals surface area contributed by atoms with Crippen molar-refractivity contribution in [1.29, 1.82) is 0 Å². The first-order valence-electron chi connectivity index (χ1n) is 38.9. The van der Waals surface area contributed by atoms with E-state index in [0.29, 0.717) is 0 Å². The van der Waals surface area contributed by atoms with Crippen LogP contribution >= 0.6 is 0 Å². The van der Waals surface area contributed by atoms with Gasteiger partial charge >= 0.3 is 0 Å². The molecule has 2 aliphatic heterocycles. The molecule has 0 bridgehead atoms. The predicted molar refractivity (Wildman–Crippen MR) is 468 cm³/mol. The molecule has 0 saturated carbocycles. The van der Waals surface area contributed by atoms with Crippen molar-refractivity contribution >= 4 is 79.0 Å². The molecule has 0 atom stereocenters. The van der Waals surface area contributed by atoms with E-state index >= 15 is 0 Å². The summed E-state index contributed by atoms with van der Waals surface area (Å²) in [6, 6.07) is 149. The van der Waals surface area contributed by atoms with Crippen molar-refractivity contribution in [3.05, 3.63) is 422 Å². The summed E-state index contributed by atoms with van der Waals surface area (Å²) in [4.78, 5) is 5.44. The van der Waals surface area contributed by atoms with Gasteiger partial charge in [-0.2, -0.15) is 0 Å². The minimum Gasteiger partial charge on any atom is -0.310 e. The third kappa shape index (κ3) is 9.86. The van der Waals surface area contributed by atoms with E-state index in [4.69, 9.17) is 0 Å². The van der Waals surface area contributed by atoms with Gasteiger partial charge in [0.05, 0.1) is 27.8 Å². The second kappa shape index (κ2) is 25.1. The van der Waals surface area contributed by atoms with Gasteiger partial charge in [-0.3, -0.25) is 0 Å².